The number of thiophene rings is 1. The fourth-order valence-electron chi connectivity index (χ4n) is 2.06. The third-order valence-electron chi connectivity index (χ3n) is 2.87. The third-order valence-corrected chi connectivity index (χ3v) is 4.86. The van der Waals surface area contributed by atoms with Crippen LogP contribution in [-0.4, -0.2) is 26.4 Å². The van der Waals surface area contributed by atoms with Gasteiger partial charge in [-0.15, -0.1) is 11.3 Å². The molecule has 0 saturated heterocycles. The highest BCUT2D eigenvalue weighted by Gasteiger charge is 2.27. The van der Waals surface area contributed by atoms with Crippen molar-refractivity contribution < 1.29 is 9.90 Å². The van der Waals surface area contributed by atoms with Gasteiger partial charge < -0.3 is 5.11 Å². The van der Waals surface area contributed by atoms with E-state index in [2.05, 4.69) is 4.98 Å². The van der Waals surface area contributed by atoms with Gasteiger partial charge in [0.1, 0.15) is 0 Å². The Morgan fingerprint density at radius 1 is 1.58 bits per heavy atom. The van der Waals surface area contributed by atoms with E-state index in [0.717, 1.165) is 4.88 Å². The Balaban J connectivity index is 2.03. The quantitative estimate of drug-likeness (QED) is 0.878. The van der Waals surface area contributed by atoms with Crippen LogP contribution in [0.1, 0.15) is 12.5 Å². The monoisotopic (exact) mass is 294 g/mol. The molecule has 0 bridgehead atoms. The minimum atomic E-state index is -0.896. The van der Waals surface area contributed by atoms with Gasteiger partial charge in [-0.1, -0.05) is 17.8 Å². The van der Waals surface area contributed by atoms with Crippen LogP contribution in [0.5, 0.6) is 0 Å². The molecular weight excluding hydrogens is 284 g/mol. The number of rotatable bonds is 3. The molecule has 7 heteroatoms. The first-order valence-electron chi connectivity index (χ1n) is 5.67. The van der Waals surface area contributed by atoms with Crippen LogP contribution >= 0.6 is 23.1 Å². The summed E-state index contributed by atoms with van der Waals surface area (Å²) in [4.78, 5) is 28.3. The molecule has 1 aliphatic rings. The van der Waals surface area contributed by atoms with Gasteiger partial charge in [0, 0.05) is 11.8 Å². The smallest absolute Gasteiger partial charge is 0.305 e. The van der Waals surface area contributed by atoms with Gasteiger partial charge in [-0.3, -0.25) is 14.2 Å². The highest BCUT2D eigenvalue weighted by molar-refractivity contribution is 7.99. The number of carboxylic acid groups (broad SMARTS) is 1. The maximum atomic E-state index is 12.1. The van der Waals surface area contributed by atoms with Crippen LogP contribution in [0.2, 0.25) is 0 Å². The van der Waals surface area contributed by atoms with Gasteiger partial charge in [-0.25, -0.2) is 4.98 Å². The van der Waals surface area contributed by atoms with E-state index in [1.807, 2.05) is 17.5 Å². The molecular formula is C12H10N2O3S2. The molecule has 1 N–H and O–H groups in total. The fourth-order valence-corrected chi connectivity index (χ4v) is 3.89. The van der Waals surface area contributed by atoms with Gasteiger partial charge in [0.2, 0.25) is 0 Å². The lowest BCUT2D eigenvalue weighted by Crippen LogP contribution is -2.25. The zero-order valence-electron chi connectivity index (χ0n) is 9.78. The number of hydrogen-bond acceptors (Lipinski definition) is 5. The largest absolute Gasteiger partial charge is 0.481 e. The van der Waals surface area contributed by atoms with Crippen molar-refractivity contribution in [2.75, 3.05) is 5.75 Å². The first-order valence-corrected chi connectivity index (χ1v) is 7.54. The third kappa shape index (κ3) is 2.31. The lowest BCUT2D eigenvalue weighted by Gasteiger charge is -2.10. The highest BCUT2D eigenvalue weighted by Crippen LogP contribution is 2.33. The van der Waals surface area contributed by atoms with Crippen LogP contribution in [0.3, 0.4) is 0 Å². The summed E-state index contributed by atoms with van der Waals surface area (Å²) in [6, 6.07) is 5.01. The van der Waals surface area contributed by atoms with Gasteiger partial charge in [0.25, 0.3) is 5.56 Å². The predicted molar refractivity (Wildman–Crippen MR) is 73.8 cm³/mol. The van der Waals surface area contributed by atoms with E-state index in [1.165, 1.54) is 33.7 Å². The molecule has 1 atom stereocenters. The van der Waals surface area contributed by atoms with Crippen molar-refractivity contribution in [1.29, 1.82) is 0 Å². The standard InChI is InChI=1S/C12H10N2O3S2/c15-10-5-8(9-2-1-3-18-9)13-12-14(10)7(6-19-12)4-11(16)17/h1-3,5,7H,4,6H2,(H,16,17). The Morgan fingerprint density at radius 2 is 2.42 bits per heavy atom. The second-order valence-electron chi connectivity index (χ2n) is 4.17. The van der Waals surface area contributed by atoms with Crippen LogP contribution in [-0.2, 0) is 4.79 Å². The molecule has 0 fully saturated rings. The van der Waals surface area contributed by atoms with Crippen LogP contribution in [0.15, 0.2) is 33.5 Å². The minimum Gasteiger partial charge on any atom is -0.481 e. The van der Waals surface area contributed by atoms with E-state index in [1.54, 1.807) is 0 Å². The molecule has 0 spiro atoms. The van der Waals surface area contributed by atoms with Crippen molar-refractivity contribution in [3.8, 4) is 10.6 Å². The van der Waals surface area contributed by atoms with Crippen molar-refractivity contribution in [2.24, 2.45) is 0 Å². The number of hydrogen-bond donors (Lipinski definition) is 1. The van der Waals surface area contributed by atoms with Crippen LogP contribution in [0, 0.1) is 0 Å². The zero-order chi connectivity index (χ0) is 13.4. The molecule has 1 unspecified atom stereocenters. The summed E-state index contributed by atoms with van der Waals surface area (Å²) in [5.74, 6) is -0.310. The second-order valence-corrected chi connectivity index (χ2v) is 6.11. The lowest BCUT2D eigenvalue weighted by molar-refractivity contribution is -0.137. The molecule has 98 valence electrons. The molecule has 0 aromatic carbocycles. The van der Waals surface area contributed by atoms with Gasteiger partial charge >= 0.3 is 5.97 Å². The summed E-state index contributed by atoms with van der Waals surface area (Å²) < 4.78 is 1.50. The van der Waals surface area contributed by atoms with Gasteiger partial charge in [0.05, 0.1) is 23.0 Å². The Bertz CT molecular complexity index is 679. The molecule has 1 aliphatic heterocycles. The topological polar surface area (TPSA) is 72.2 Å². The number of aliphatic carboxylic acids is 1. The number of carbonyl (C=O) groups is 1. The van der Waals surface area contributed by atoms with E-state index in [0.29, 0.717) is 16.6 Å². The van der Waals surface area contributed by atoms with Crippen LogP contribution < -0.4 is 5.56 Å². The fraction of sp³-hybridized carbons (Fsp3) is 0.250. The summed E-state index contributed by atoms with van der Waals surface area (Å²) in [7, 11) is 0. The van der Waals surface area contributed by atoms with E-state index in [9.17, 15) is 9.59 Å². The maximum absolute atomic E-state index is 12.1. The average molecular weight is 294 g/mol. The number of thioether (sulfide) groups is 1. The molecule has 5 nitrogen and oxygen atoms in total. The molecule has 0 amide bonds. The van der Waals surface area contributed by atoms with Crippen molar-refractivity contribution >= 4 is 29.1 Å². The predicted octanol–water partition coefficient (Wildman–Crippen LogP) is 2.09. The Hall–Kier alpha value is -1.60. The zero-order valence-corrected chi connectivity index (χ0v) is 11.4. The summed E-state index contributed by atoms with van der Waals surface area (Å²) in [6.45, 7) is 0. The second kappa shape index (κ2) is 4.82. The Labute approximate surface area is 116 Å². The van der Waals surface area contributed by atoms with Gasteiger partial charge in [-0.2, -0.15) is 0 Å². The Morgan fingerprint density at radius 3 is 3.11 bits per heavy atom. The van der Waals surface area contributed by atoms with Crippen molar-refractivity contribution in [3.05, 3.63) is 33.9 Å². The van der Waals surface area contributed by atoms with Crippen molar-refractivity contribution in [3.63, 3.8) is 0 Å². The van der Waals surface area contributed by atoms with Gasteiger partial charge in [0.15, 0.2) is 5.16 Å². The summed E-state index contributed by atoms with van der Waals surface area (Å²) >= 11 is 2.96. The molecule has 2 aromatic rings. The highest BCUT2D eigenvalue weighted by atomic mass is 32.2. The molecule has 0 saturated carbocycles. The van der Waals surface area contributed by atoms with Crippen LogP contribution in [0.4, 0.5) is 0 Å². The lowest BCUT2D eigenvalue weighted by atomic mass is 10.2. The SMILES string of the molecule is O=C(O)CC1CSc2nc(-c3cccs3)cc(=O)n21. The molecule has 0 radical (unpaired) electrons. The molecule has 3 heterocycles. The molecule has 2 aromatic heterocycles. The maximum Gasteiger partial charge on any atom is 0.305 e. The average Bonchev–Trinajstić information content (AvgIpc) is 2.97. The summed E-state index contributed by atoms with van der Waals surface area (Å²) in [6.07, 6.45) is -0.0417. The molecule has 3 rings (SSSR count). The first-order chi connectivity index (χ1) is 9.15. The minimum absolute atomic E-state index is 0.0417. The Kier molecular flexibility index (Phi) is 3.16. The van der Waals surface area contributed by atoms with E-state index in [-0.39, 0.29) is 18.0 Å². The number of fused-ring (bicyclic) bond motifs is 1. The van der Waals surface area contributed by atoms with Crippen LogP contribution in [0.25, 0.3) is 10.6 Å². The van der Waals surface area contributed by atoms with E-state index < -0.39 is 5.97 Å². The normalized spacial score (nSPS) is 17.4. The number of nitrogens with zero attached hydrogens (tertiary/aromatic N) is 2. The summed E-state index contributed by atoms with van der Waals surface area (Å²) in [5, 5.41) is 11.4. The molecule has 19 heavy (non-hydrogen) atoms. The van der Waals surface area contributed by atoms with Gasteiger partial charge in [-0.05, 0) is 11.4 Å². The van der Waals surface area contributed by atoms with E-state index >= 15 is 0 Å². The molecule has 0 aliphatic carbocycles. The van der Waals surface area contributed by atoms with Crippen molar-refractivity contribution in [1.82, 2.24) is 9.55 Å². The number of aromatic nitrogens is 2. The first kappa shape index (κ1) is 12.4. The number of carboxylic acids is 1. The summed E-state index contributed by atoms with van der Waals surface area (Å²) in [5.41, 5.74) is 0.486. The van der Waals surface area contributed by atoms with E-state index in [4.69, 9.17) is 5.11 Å². The van der Waals surface area contributed by atoms with Crippen molar-refractivity contribution in [2.45, 2.75) is 17.6 Å².